The minimum atomic E-state index is 0.381. The van der Waals surface area contributed by atoms with Crippen LogP contribution in [0.3, 0.4) is 0 Å². The third-order valence-corrected chi connectivity index (χ3v) is 6.10. The summed E-state index contributed by atoms with van der Waals surface area (Å²) in [5.74, 6) is 3.11. The predicted molar refractivity (Wildman–Crippen MR) is 107 cm³/mol. The second-order valence-corrected chi connectivity index (χ2v) is 7.93. The van der Waals surface area contributed by atoms with Gasteiger partial charge in [-0.2, -0.15) is 0 Å². The van der Waals surface area contributed by atoms with E-state index in [1.165, 1.54) is 28.2 Å². The maximum Gasteiger partial charge on any atom is 0.142 e. The summed E-state index contributed by atoms with van der Waals surface area (Å²) in [5, 5.41) is 4.07. The number of fused-ring (bicyclic) bond motifs is 1. The van der Waals surface area contributed by atoms with Crippen LogP contribution in [0.1, 0.15) is 66.7 Å². The van der Waals surface area contributed by atoms with Gasteiger partial charge in [-0.15, -0.1) is 0 Å². The predicted octanol–water partition coefficient (Wildman–Crippen LogP) is 5.34. The molecule has 1 aliphatic carbocycles. The van der Waals surface area contributed by atoms with Crippen molar-refractivity contribution < 1.29 is 4.52 Å². The Morgan fingerprint density at radius 2 is 2.07 bits per heavy atom. The summed E-state index contributed by atoms with van der Waals surface area (Å²) in [6, 6.07) is 8.58. The van der Waals surface area contributed by atoms with Gasteiger partial charge in [0, 0.05) is 22.9 Å². The molecular formula is C23H29N3O. The van der Waals surface area contributed by atoms with Gasteiger partial charge in [-0.25, -0.2) is 4.98 Å². The molecule has 4 rings (SSSR count). The first-order valence-electron chi connectivity index (χ1n) is 10.2. The Labute approximate surface area is 161 Å². The molecule has 4 heteroatoms. The Balaban J connectivity index is 1.62. The van der Waals surface area contributed by atoms with Gasteiger partial charge in [0.1, 0.15) is 11.6 Å². The topological polar surface area (TPSA) is 43.9 Å². The number of rotatable bonds is 5. The fourth-order valence-electron chi connectivity index (χ4n) is 4.60. The van der Waals surface area contributed by atoms with Crippen molar-refractivity contribution in [2.75, 3.05) is 0 Å². The van der Waals surface area contributed by atoms with Crippen molar-refractivity contribution in [3.8, 4) is 5.69 Å². The molecular weight excluding hydrogens is 334 g/mol. The number of nitrogens with zero attached hydrogens (tertiary/aromatic N) is 3. The van der Waals surface area contributed by atoms with Crippen molar-refractivity contribution in [1.82, 2.24) is 14.7 Å². The van der Waals surface area contributed by atoms with E-state index in [1.807, 2.05) is 6.20 Å². The molecule has 0 aliphatic heterocycles. The zero-order valence-electron chi connectivity index (χ0n) is 16.8. The highest BCUT2D eigenvalue weighted by molar-refractivity contribution is 5.44. The lowest BCUT2D eigenvalue weighted by Crippen LogP contribution is -2.21. The van der Waals surface area contributed by atoms with Crippen molar-refractivity contribution >= 4 is 0 Å². The molecule has 1 aliphatic rings. The highest BCUT2D eigenvalue weighted by Crippen LogP contribution is 2.38. The summed E-state index contributed by atoms with van der Waals surface area (Å²) in [6.07, 6.45) is 7.31. The molecule has 0 unspecified atom stereocenters. The lowest BCUT2D eigenvalue weighted by Gasteiger charge is -2.27. The minimum absolute atomic E-state index is 0.381. The fourth-order valence-corrected chi connectivity index (χ4v) is 4.60. The SMILES string of the molecule is CCCc1cnoc1[C@@H](C)[C@@H]1CCc2c(nc(C)n2-c2ccccc2C)C1. The van der Waals surface area contributed by atoms with Gasteiger partial charge in [-0.3, -0.25) is 0 Å². The molecule has 0 bridgehead atoms. The quantitative estimate of drug-likeness (QED) is 0.615. The second kappa shape index (κ2) is 7.34. The van der Waals surface area contributed by atoms with Gasteiger partial charge in [-0.05, 0) is 57.1 Å². The largest absolute Gasteiger partial charge is 0.361 e. The van der Waals surface area contributed by atoms with Crippen molar-refractivity contribution in [2.24, 2.45) is 5.92 Å². The van der Waals surface area contributed by atoms with Crippen LogP contribution in [-0.2, 0) is 19.3 Å². The molecule has 0 radical (unpaired) electrons. The van der Waals surface area contributed by atoms with E-state index in [2.05, 4.69) is 61.7 Å². The summed E-state index contributed by atoms with van der Waals surface area (Å²) in [7, 11) is 0. The van der Waals surface area contributed by atoms with E-state index in [9.17, 15) is 0 Å². The van der Waals surface area contributed by atoms with Crippen LogP contribution in [0, 0.1) is 19.8 Å². The van der Waals surface area contributed by atoms with Crippen LogP contribution in [0.25, 0.3) is 5.69 Å². The number of aromatic nitrogens is 3. The molecule has 0 amide bonds. The van der Waals surface area contributed by atoms with Gasteiger partial charge >= 0.3 is 0 Å². The minimum Gasteiger partial charge on any atom is -0.361 e. The Kier molecular flexibility index (Phi) is 4.90. The van der Waals surface area contributed by atoms with Gasteiger partial charge in [-0.1, -0.05) is 43.6 Å². The third-order valence-electron chi connectivity index (χ3n) is 6.10. The zero-order valence-corrected chi connectivity index (χ0v) is 16.8. The van der Waals surface area contributed by atoms with Crippen LogP contribution >= 0.6 is 0 Å². The molecule has 0 saturated carbocycles. The molecule has 1 aromatic carbocycles. The number of aryl methyl sites for hydroxylation is 3. The Morgan fingerprint density at radius 1 is 1.26 bits per heavy atom. The van der Waals surface area contributed by atoms with Crippen LogP contribution in [0.15, 0.2) is 35.0 Å². The first-order chi connectivity index (χ1) is 13.1. The first-order valence-corrected chi connectivity index (χ1v) is 10.2. The first kappa shape index (κ1) is 18.0. The molecule has 4 nitrogen and oxygen atoms in total. The Bertz CT molecular complexity index is 937. The lowest BCUT2D eigenvalue weighted by molar-refractivity contribution is 0.300. The molecule has 142 valence electrons. The van der Waals surface area contributed by atoms with Crippen molar-refractivity contribution in [2.45, 2.75) is 65.7 Å². The average molecular weight is 364 g/mol. The maximum atomic E-state index is 5.66. The summed E-state index contributed by atoms with van der Waals surface area (Å²) >= 11 is 0. The van der Waals surface area contributed by atoms with Crippen LogP contribution in [0.2, 0.25) is 0 Å². The Hall–Kier alpha value is -2.36. The average Bonchev–Trinajstić information content (AvgIpc) is 3.25. The molecule has 2 aromatic heterocycles. The van der Waals surface area contributed by atoms with Crippen LogP contribution in [0.4, 0.5) is 0 Å². The van der Waals surface area contributed by atoms with Crippen molar-refractivity contribution in [3.05, 3.63) is 64.6 Å². The standard InChI is InChI=1S/C23H29N3O/c1-5-8-19-14-24-27-23(19)16(3)18-11-12-22-20(13-18)25-17(4)26(22)21-10-7-6-9-15(21)2/h6-7,9-10,14,16,18H,5,8,11-13H2,1-4H3/t16-,18+/m0/s1. The maximum absolute atomic E-state index is 5.66. The molecule has 0 N–H and O–H groups in total. The van der Waals surface area contributed by atoms with Crippen LogP contribution in [0.5, 0.6) is 0 Å². The van der Waals surface area contributed by atoms with Gasteiger partial charge in [0.2, 0.25) is 0 Å². The molecule has 0 fully saturated rings. The molecule has 0 saturated heterocycles. The van der Waals surface area contributed by atoms with Crippen LogP contribution < -0.4 is 0 Å². The number of hydrogen-bond donors (Lipinski definition) is 0. The number of hydrogen-bond acceptors (Lipinski definition) is 3. The molecule has 2 atom stereocenters. The van der Waals surface area contributed by atoms with Crippen LogP contribution in [-0.4, -0.2) is 14.7 Å². The van der Waals surface area contributed by atoms with E-state index in [1.54, 1.807) is 0 Å². The molecule has 2 heterocycles. The van der Waals surface area contributed by atoms with E-state index >= 15 is 0 Å². The smallest absolute Gasteiger partial charge is 0.142 e. The second-order valence-electron chi connectivity index (χ2n) is 7.93. The highest BCUT2D eigenvalue weighted by Gasteiger charge is 2.31. The summed E-state index contributed by atoms with van der Waals surface area (Å²) in [6.45, 7) is 8.79. The summed E-state index contributed by atoms with van der Waals surface area (Å²) < 4.78 is 8.02. The number of benzene rings is 1. The van der Waals surface area contributed by atoms with E-state index in [-0.39, 0.29) is 0 Å². The van der Waals surface area contributed by atoms with Gasteiger partial charge in [0.25, 0.3) is 0 Å². The normalized spacial score (nSPS) is 17.7. The van der Waals surface area contributed by atoms with E-state index in [4.69, 9.17) is 9.51 Å². The van der Waals surface area contributed by atoms with Crippen molar-refractivity contribution in [1.29, 1.82) is 0 Å². The lowest BCUT2D eigenvalue weighted by atomic mass is 9.79. The molecule has 27 heavy (non-hydrogen) atoms. The van der Waals surface area contributed by atoms with E-state index in [0.29, 0.717) is 11.8 Å². The Morgan fingerprint density at radius 3 is 2.85 bits per heavy atom. The highest BCUT2D eigenvalue weighted by atomic mass is 16.5. The van der Waals surface area contributed by atoms with Crippen molar-refractivity contribution in [3.63, 3.8) is 0 Å². The molecule has 3 aromatic rings. The monoisotopic (exact) mass is 363 g/mol. The summed E-state index contributed by atoms with van der Waals surface area (Å²) in [5.41, 5.74) is 6.47. The molecule has 0 spiro atoms. The fraction of sp³-hybridized carbons (Fsp3) is 0.478. The van der Waals surface area contributed by atoms with Gasteiger partial charge < -0.3 is 9.09 Å². The number of para-hydroxylation sites is 1. The summed E-state index contributed by atoms with van der Waals surface area (Å²) in [4.78, 5) is 4.96. The van der Waals surface area contributed by atoms with Gasteiger partial charge in [0.05, 0.1) is 11.9 Å². The zero-order chi connectivity index (χ0) is 19.0. The van der Waals surface area contributed by atoms with E-state index < -0.39 is 0 Å². The van der Waals surface area contributed by atoms with Gasteiger partial charge in [0.15, 0.2) is 0 Å². The van der Waals surface area contributed by atoms with E-state index in [0.717, 1.165) is 43.7 Å². The third kappa shape index (κ3) is 3.22. The number of imidazole rings is 1.